The molecule has 0 aliphatic carbocycles. The predicted octanol–water partition coefficient (Wildman–Crippen LogP) is 1.40. The van der Waals surface area contributed by atoms with Crippen LogP contribution in [0.1, 0.15) is 11.1 Å². The van der Waals surface area contributed by atoms with Crippen molar-refractivity contribution in [2.24, 2.45) is 0 Å². The van der Waals surface area contributed by atoms with Crippen molar-refractivity contribution >= 4 is 23.2 Å². The number of nitrogens with one attached hydrogen (secondary N) is 2. The molecule has 1 fully saturated rings. The lowest BCUT2D eigenvalue weighted by molar-refractivity contribution is -0.892. The number of carbonyl (C=O) groups excluding carboxylic acids is 1. The van der Waals surface area contributed by atoms with Gasteiger partial charge in [0.1, 0.15) is 0 Å². The minimum Gasteiger partial charge on any atom is -0.454 e. The zero-order valence-corrected chi connectivity index (χ0v) is 16.7. The molecule has 1 saturated heterocycles. The molecule has 0 aromatic heterocycles. The summed E-state index contributed by atoms with van der Waals surface area (Å²) in [7, 11) is 0. The Labute approximate surface area is 170 Å². The van der Waals surface area contributed by atoms with Crippen LogP contribution in [-0.2, 0) is 11.3 Å². The van der Waals surface area contributed by atoms with Crippen LogP contribution in [0.3, 0.4) is 0 Å². The third-order valence-corrected chi connectivity index (χ3v) is 5.55. The largest absolute Gasteiger partial charge is 0.454 e. The number of halogens is 1. The molecule has 2 heterocycles. The molecule has 1 amide bonds. The van der Waals surface area contributed by atoms with Crippen molar-refractivity contribution in [3.05, 3.63) is 52.5 Å². The van der Waals surface area contributed by atoms with E-state index in [1.54, 1.807) is 0 Å². The van der Waals surface area contributed by atoms with Gasteiger partial charge in [0.15, 0.2) is 18.0 Å². The van der Waals surface area contributed by atoms with Gasteiger partial charge in [-0.15, -0.1) is 0 Å². The van der Waals surface area contributed by atoms with Gasteiger partial charge in [-0.05, 0) is 42.3 Å². The number of hydrogen-bond donors (Lipinski definition) is 2. The van der Waals surface area contributed by atoms with Crippen molar-refractivity contribution in [1.29, 1.82) is 0 Å². The number of ether oxygens (including phenoxy) is 2. The summed E-state index contributed by atoms with van der Waals surface area (Å²) in [5, 5.41) is 3.77. The van der Waals surface area contributed by atoms with E-state index < -0.39 is 0 Å². The topological polar surface area (TPSA) is 55.2 Å². The van der Waals surface area contributed by atoms with Gasteiger partial charge in [-0.1, -0.05) is 23.7 Å². The molecular formula is C21H25ClN3O3+. The number of benzene rings is 2. The molecule has 2 aromatic carbocycles. The summed E-state index contributed by atoms with van der Waals surface area (Å²) < 4.78 is 10.7. The molecule has 28 heavy (non-hydrogen) atoms. The van der Waals surface area contributed by atoms with Gasteiger partial charge in [-0.3, -0.25) is 4.79 Å². The van der Waals surface area contributed by atoms with E-state index in [1.807, 2.05) is 30.3 Å². The zero-order valence-electron chi connectivity index (χ0n) is 16.0. The van der Waals surface area contributed by atoms with Gasteiger partial charge >= 0.3 is 0 Å². The monoisotopic (exact) mass is 402 g/mol. The van der Waals surface area contributed by atoms with Crippen molar-refractivity contribution < 1.29 is 19.2 Å². The van der Waals surface area contributed by atoms with Crippen LogP contribution in [0.15, 0.2) is 36.4 Å². The van der Waals surface area contributed by atoms with E-state index in [9.17, 15) is 4.79 Å². The molecule has 0 bridgehead atoms. The van der Waals surface area contributed by atoms with Crippen molar-refractivity contribution in [3.63, 3.8) is 0 Å². The van der Waals surface area contributed by atoms with E-state index in [2.05, 4.69) is 23.2 Å². The Morgan fingerprint density at radius 1 is 1.14 bits per heavy atom. The fraction of sp³-hybridized carbons (Fsp3) is 0.381. The van der Waals surface area contributed by atoms with Crippen LogP contribution in [0.2, 0.25) is 5.02 Å². The number of aryl methyl sites for hydroxylation is 1. The third kappa shape index (κ3) is 4.34. The molecule has 7 heteroatoms. The molecule has 2 aliphatic heterocycles. The van der Waals surface area contributed by atoms with E-state index >= 15 is 0 Å². The van der Waals surface area contributed by atoms with Gasteiger partial charge in [-0.25, -0.2) is 0 Å². The lowest BCUT2D eigenvalue weighted by atomic mass is 10.1. The highest BCUT2D eigenvalue weighted by molar-refractivity contribution is 6.30. The number of amides is 1. The first-order chi connectivity index (χ1) is 13.6. The maximum absolute atomic E-state index is 12.3. The lowest BCUT2D eigenvalue weighted by Crippen LogP contribution is -3.15. The summed E-state index contributed by atoms with van der Waals surface area (Å²) >= 11 is 6.15. The van der Waals surface area contributed by atoms with Crippen molar-refractivity contribution in [1.82, 2.24) is 5.32 Å². The molecule has 0 radical (unpaired) electrons. The number of quaternary nitrogens is 1. The molecule has 0 atom stereocenters. The highest BCUT2D eigenvalue weighted by atomic mass is 35.5. The average molecular weight is 403 g/mol. The van der Waals surface area contributed by atoms with Gasteiger partial charge in [0, 0.05) is 17.3 Å². The van der Waals surface area contributed by atoms with Crippen LogP contribution in [0.5, 0.6) is 11.5 Å². The first kappa shape index (κ1) is 18.9. The summed E-state index contributed by atoms with van der Waals surface area (Å²) in [4.78, 5) is 16.0. The minimum atomic E-state index is 0.0695. The second kappa shape index (κ2) is 8.29. The molecule has 4 rings (SSSR count). The van der Waals surface area contributed by atoms with Gasteiger partial charge < -0.3 is 24.6 Å². The maximum atomic E-state index is 12.3. The summed E-state index contributed by atoms with van der Waals surface area (Å²) in [6, 6.07) is 11.8. The molecule has 2 aromatic rings. The average Bonchev–Trinajstić information content (AvgIpc) is 3.17. The van der Waals surface area contributed by atoms with Crippen molar-refractivity contribution in [2.45, 2.75) is 13.5 Å². The molecule has 2 aliphatic rings. The lowest BCUT2D eigenvalue weighted by Gasteiger charge is -2.34. The van der Waals surface area contributed by atoms with E-state index in [1.165, 1.54) is 16.2 Å². The summed E-state index contributed by atoms with van der Waals surface area (Å²) in [6.45, 7) is 7.07. The number of rotatable bonds is 5. The zero-order chi connectivity index (χ0) is 19.5. The molecule has 0 unspecified atom stereocenters. The van der Waals surface area contributed by atoms with Gasteiger partial charge in [0.2, 0.25) is 6.79 Å². The minimum absolute atomic E-state index is 0.0695. The molecule has 0 saturated carbocycles. The van der Waals surface area contributed by atoms with Crippen molar-refractivity contribution in [3.8, 4) is 11.5 Å². The fourth-order valence-corrected chi connectivity index (χ4v) is 3.87. The number of hydrogen-bond acceptors (Lipinski definition) is 4. The Bertz CT molecular complexity index is 866. The fourth-order valence-electron chi connectivity index (χ4n) is 3.70. The van der Waals surface area contributed by atoms with Crippen LogP contribution in [0.25, 0.3) is 0 Å². The highest BCUT2D eigenvalue weighted by Crippen LogP contribution is 2.32. The van der Waals surface area contributed by atoms with Crippen LogP contribution >= 0.6 is 11.6 Å². The van der Waals surface area contributed by atoms with Gasteiger partial charge in [-0.2, -0.15) is 0 Å². The standard InChI is InChI=1S/C21H24ClN3O3/c1-15-2-4-17(22)11-18(15)25-8-6-24(7-9-25)13-21(26)23-12-16-3-5-19-20(10-16)28-14-27-19/h2-5,10-11H,6-9,12-14H2,1H3,(H,23,26)/p+1. The molecule has 6 nitrogen and oxygen atoms in total. The molecule has 0 spiro atoms. The van der Waals surface area contributed by atoms with E-state index in [-0.39, 0.29) is 12.7 Å². The SMILES string of the molecule is Cc1ccc(Cl)cc1N1CC[NH+](CC(=O)NCc2ccc3c(c2)OCO3)CC1. The Hall–Kier alpha value is -2.44. The second-order valence-electron chi connectivity index (χ2n) is 7.31. The summed E-state index contributed by atoms with van der Waals surface area (Å²) in [6.07, 6.45) is 0. The second-order valence-corrected chi connectivity index (χ2v) is 7.75. The molecule has 148 valence electrons. The number of piperazine rings is 1. The first-order valence-electron chi connectivity index (χ1n) is 9.58. The van der Waals surface area contributed by atoms with Crippen molar-refractivity contribution in [2.75, 3.05) is 44.4 Å². The number of nitrogens with zero attached hydrogens (tertiary/aromatic N) is 1. The summed E-state index contributed by atoms with van der Waals surface area (Å²) in [5.41, 5.74) is 3.43. The highest BCUT2D eigenvalue weighted by Gasteiger charge is 2.23. The smallest absolute Gasteiger partial charge is 0.275 e. The van der Waals surface area contributed by atoms with E-state index in [4.69, 9.17) is 21.1 Å². The summed E-state index contributed by atoms with van der Waals surface area (Å²) in [5.74, 6) is 1.57. The van der Waals surface area contributed by atoms with E-state index in [0.717, 1.165) is 48.3 Å². The maximum Gasteiger partial charge on any atom is 0.275 e. The molecular weight excluding hydrogens is 378 g/mol. The first-order valence-corrected chi connectivity index (χ1v) is 9.96. The number of anilines is 1. The normalized spacial score (nSPS) is 16.3. The van der Waals surface area contributed by atoms with Crippen LogP contribution in [0.4, 0.5) is 5.69 Å². The quantitative estimate of drug-likeness (QED) is 0.793. The third-order valence-electron chi connectivity index (χ3n) is 5.32. The Kier molecular flexibility index (Phi) is 5.59. The van der Waals surface area contributed by atoms with Crippen LogP contribution in [-0.4, -0.2) is 45.4 Å². The Morgan fingerprint density at radius 2 is 1.93 bits per heavy atom. The molecule has 2 N–H and O–H groups in total. The van der Waals surface area contributed by atoms with Crippen LogP contribution in [0, 0.1) is 6.92 Å². The Balaban J connectivity index is 1.24. The number of carbonyl (C=O) groups is 1. The number of fused-ring (bicyclic) bond motifs is 1. The van der Waals surface area contributed by atoms with Gasteiger partial charge in [0.25, 0.3) is 5.91 Å². The van der Waals surface area contributed by atoms with Crippen LogP contribution < -0.4 is 24.6 Å². The predicted molar refractivity (Wildman–Crippen MR) is 108 cm³/mol. The Morgan fingerprint density at radius 3 is 2.75 bits per heavy atom. The van der Waals surface area contributed by atoms with E-state index in [0.29, 0.717) is 13.1 Å². The van der Waals surface area contributed by atoms with Gasteiger partial charge in [0.05, 0.1) is 26.2 Å².